The van der Waals surface area contributed by atoms with Crippen LogP contribution in [0.2, 0.25) is 0 Å². The zero-order valence-corrected chi connectivity index (χ0v) is 13.2. The van der Waals surface area contributed by atoms with E-state index in [-0.39, 0.29) is 17.9 Å². The summed E-state index contributed by atoms with van der Waals surface area (Å²) in [6.07, 6.45) is 6.80. The molecule has 6 heteroatoms. The lowest BCUT2D eigenvalue weighted by Gasteiger charge is -2.32. The topological polar surface area (TPSA) is 59.7 Å². The van der Waals surface area contributed by atoms with Crippen molar-refractivity contribution in [3.05, 3.63) is 30.2 Å². The molecule has 2 aliphatic rings. The highest BCUT2D eigenvalue weighted by Crippen LogP contribution is 2.27. The predicted octanol–water partition coefficient (Wildman–Crippen LogP) is 2.00. The maximum Gasteiger partial charge on any atom is 0.225 e. The fourth-order valence-corrected chi connectivity index (χ4v) is 3.68. The summed E-state index contributed by atoms with van der Waals surface area (Å²) < 4.78 is 7.64. The van der Waals surface area contributed by atoms with E-state index in [2.05, 4.69) is 10.2 Å². The van der Waals surface area contributed by atoms with Gasteiger partial charge >= 0.3 is 0 Å². The molecule has 2 aromatic rings. The minimum absolute atomic E-state index is 0.122. The summed E-state index contributed by atoms with van der Waals surface area (Å²) in [4.78, 5) is 14.5. The number of nitrogens with zero attached hydrogens (tertiary/aromatic N) is 4. The fourth-order valence-electron chi connectivity index (χ4n) is 3.68. The first-order chi connectivity index (χ1) is 11.3. The third-order valence-corrected chi connectivity index (χ3v) is 4.91. The van der Waals surface area contributed by atoms with Gasteiger partial charge < -0.3 is 9.64 Å². The van der Waals surface area contributed by atoms with Gasteiger partial charge in [-0.15, -0.1) is 10.2 Å². The lowest BCUT2D eigenvalue weighted by atomic mass is 9.96. The van der Waals surface area contributed by atoms with E-state index in [0.29, 0.717) is 6.42 Å². The molecule has 6 nitrogen and oxygen atoms in total. The van der Waals surface area contributed by atoms with E-state index < -0.39 is 0 Å². The molecule has 2 saturated heterocycles. The van der Waals surface area contributed by atoms with Crippen LogP contribution in [0, 0.1) is 0 Å². The summed E-state index contributed by atoms with van der Waals surface area (Å²) in [7, 11) is 0. The molecule has 2 aliphatic heterocycles. The molecule has 0 unspecified atom stereocenters. The number of hydrogen-bond donors (Lipinski definition) is 0. The smallest absolute Gasteiger partial charge is 0.225 e. The van der Waals surface area contributed by atoms with E-state index >= 15 is 0 Å². The maximum absolute atomic E-state index is 12.5. The van der Waals surface area contributed by atoms with Gasteiger partial charge in [0.2, 0.25) is 5.91 Å². The molecule has 0 aliphatic carbocycles. The second-order valence-electron chi connectivity index (χ2n) is 6.51. The Morgan fingerprint density at radius 1 is 1.26 bits per heavy atom. The van der Waals surface area contributed by atoms with Crippen LogP contribution in [-0.2, 0) is 9.53 Å². The lowest BCUT2D eigenvalue weighted by Crippen LogP contribution is -2.40. The molecule has 23 heavy (non-hydrogen) atoms. The van der Waals surface area contributed by atoms with Crippen LogP contribution in [0.5, 0.6) is 0 Å². The van der Waals surface area contributed by atoms with Gasteiger partial charge in [-0.2, -0.15) is 0 Å². The number of ether oxygens (including phenoxy) is 1. The Balaban J connectivity index is 1.47. The molecule has 0 N–H and O–H groups in total. The Morgan fingerprint density at radius 3 is 3.09 bits per heavy atom. The third kappa shape index (κ3) is 2.95. The Labute approximate surface area is 135 Å². The number of hydrogen-bond acceptors (Lipinski definition) is 4. The molecule has 4 rings (SSSR count). The summed E-state index contributed by atoms with van der Waals surface area (Å²) in [6, 6.07) is 5.91. The highest BCUT2D eigenvalue weighted by Gasteiger charge is 2.29. The van der Waals surface area contributed by atoms with Gasteiger partial charge in [0.1, 0.15) is 5.82 Å². The second kappa shape index (κ2) is 6.28. The van der Waals surface area contributed by atoms with Crippen LogP contribution < -0.4 is 0 Å². The number of pyridine rings is 1. The number of rotatable bonds is 3. The molecule has 0 spiro atoms. The van der Waals surface area contributed by atoms with E-state index in [0.717, 1.165) is 56.9 Å². The molecule has 122 valence electrons. The standard InChI is InChI=1S/C17H22N4O2/c22-16(11-14-6-4-10-23-14)20-8-3-5-13(12-20)17-19-18-15-7-1-2-9-21(15)17/h1-2,7,9,13-14H,3-6,8,10-12H2/t13-,14-/m1/s1. The van der Waals surface area contributed by atoms with Gasteiger partial charge in [0.05, 0.1) is 12.5 Å². The van der Waals surface area contributed by atoms with Gasteiger partial charge in [-0.3, -0.25) is 9.20 Å². The number of likely N-dealkylation sites (tertiary alicyclic amines) is 1. The summed E-state index contributed by atoms with van der Waals surface area (Å²) >= 11 is 0. The average molecular weight is 314 g/mol. The van der Waals surface area contributed by atoms with Crippen molar-refractivity contribution in [1.29, 1.82) is 0 Å². The Kier molecular flexibility index (Phi) is 3.99. The number of aromatic nitrogens is 3. The minimum atomic E-state index is 0.122. The molecule has 0 saturated carbocycles. The molecule has 0 bridgehead atoms. The zero-order valence-electron chi connectivity index (χ0n) is 13.2. The number of fused-ring (bicyclic) bond motifs is 1. The van der Waals surface area contributed by atoms with Crippen LogP contribution >= 0.6 is 0 Å². The van der Waals surface area contributed by atoms with Crippen LogP contribution in [0.4, 0.5) is 0 Å². The van der Waals surface area contributed by atoms with Crippen molar-refractivity contribution in [2.75, 3.05) is 19.7 Å². The Morgan fingerprint density at radius 2 is 2.22 bits per heavy atom. The van der Waals surface area contributed by atoms with Crippen LogP contribution in [0.3, 0.4) is 0 Å². The van der Waals surface area contributed by atoms with Crippen molar-refractivity contribution in [2.24, 2.45) is 0 Å². The van der Waals surface area contributed by atoms with Gasteiger partial charge in [-0.05, 0) is 37.8 Å². The summed E-state index contributed by atoms with van der Waals surface area (Å²) in [6.45, 7) is 2.38. The molecule has 2 aromatic heterocycles. The number of carbonyl (C=O) groups is 1. The third-order valence-electron chi connectivity index (χ3n) is 4.91. The lowest BCUT2D eigenvalue weighted by molar-refractivity contribution is -0.134. The molecule has 0 aromatic carbocycles. The number of amides is 1. The average Bonchev–Trinajstić information content (AvgIpc) is 3.24. The second-order valence-corrected chi connectivity index (χ2v) is 6.51. The first kappa shape index (κ1) is 14.6. The van der Waals surface area contributed by atoms with Gasteiger partial charge in [-0.1, -0.05) is 6.07 Å². The van der Waals surface area contributed by atoms with Gasteiger partial charge in [0.15, 0.2) is 5.65 Å². The van der Waals surface area contributed by atoms with Crippen LogP contribution in [-0.4, -0.2) is 51.2 Å². The van der Waals surface area contributed by atoms with Crippen molar-refractivity contribution < 1.29 is 9.53 Å². The molecule has 1 amide bonds. The van der Waals surface area contributed by atoms with Gasteiger partial charge in [0, 0.05) is 31.8 Å². The fraction of sp³-hybridized carbons (Fsp3) is 0.588. The molecule has 2 fully saturated rings. The van der Waals surface area contributed by atoms with Crippen LogP contribution in [0.25, 0.3) is 5.65 Å². The van der Waals surface area contributed by atoms with Gasteiger partial charge in [-0.25, -0.2) is 0 Å². The van der Waals surface area contributed by atoms with E-state index in [1.54, 1.807) is 0 Å². The van der Waals surface area contributed by atoms with Crippen LogP contribution in [0.15, 0.2) is 24.4 Å². The van der Waals surface area contributed by atoms with Crippen molar-refractivity contribution >= 4 is 11.6 Å². The highest BCUT2D eigenvalue weighted by atomic mass is 16.5. The monoisotopic (exact) mass is 314 g/mol. The van der Waals surface area contributed by atoms with Crippen molar-refractivity contribution in [2.45, 2.75) is 44.1 Å². The van der Waals surface area contributed by atoms with E-state index in [4.69, 9.17) is 4.74 Å². The Bertz CT molecular complexity index is 693. The van der Waals surface area contributed by atoms with E-state index in [1.165, 1.54) is 0 Å². The molecule has 2 atom stereocenters. The number of carbonyl (C=O) groups excluding carboxylic acids is 1. The minimum Gasteiger partial charge on any atom is -0.378 e. The predicted molar refractivity (Wildman–Crippen MR) is 85.1 cm³/mol. The first-order valence-corrected chi connectivity index (χ1v) is 8.50. The van der Waals surface area contributed by atoms with Crippen molar-refractivity contribution in [3.63, 3.8) is 0 Å². The maximum atomic E-state index is 12.5. The summed E-state index contributed by atoms with van der Waals surface area (Å²) in [5.41, 5.74) is 0.866. The first-order valence-electron chi connectivity index (χ1n) is 8.50. The Hall–Kier alpha value is -1.95. The highest BCUT2D eigenvalue weighted by molar-refractivity contribution is 5.77. The van der Waals surface area contributed by atoms with E-state index in [1.807, 2.05) is 33.7 Å². The molecule has 0 radical (unpaired) electrons. The summed E-state index contributed by atoms with van der Waals surface area (Å²) in [5, 5.41) is 8.60. The molecule has 4 heterocycles. The van der Waals surface area contributed by atoms with Gasteiger partial charge in [0.25, 0.3) is 0 Å². The van der Waals surface area contributed by atoms with Crippen molar-refractivity contribution in [3.8, 4) is 0 Å². The van der Waals surface area contributed by atoms with Crippen molar-refractivity contribution in [1.82, 2.24) is 19.5 Å². The molecular formula is C17H22N4O2. The summed E-state index contributed by atoms with van der Waals surface area (Å²) in [5.74, 6) is 1.44. The van der Waals surface area contributed by atoms with E-state index in [9.17, 15) is 4.79 Å². The largest absolute Gasteiger partial charge is 0.378 e. The zero-order chi connectivity index (χ0) is 15.6. The number of piperidine rings is 1. The van der Waals surface area contributed by atoms with Crippen LogP contribution in [0.1, 0.15) is 43.8 Å². The quantitative estimate of drug-likeness (QED) is 0.869. The SMILES string of the molecule is O=C(C[C@H]1CCCO1)N1CCC[C@@H](c2nnc3ccccn23)C1. The normalized spacial score (nSPS) is 25.1. The molecular weight excluding hydrogens is 292 g/mol.